The second-order valence-electron chi connectivity index (χ2n) is 10.1. The molecule has 196 valence electrons. The van der Waals surface area contributed by atoms with Crippen molar-refractivity contribution in [1.29, 1.82) is 0 Å². The summed E-state index contributed by atoms with van der Waals surface area (Å²) < 4.78 is 22.0. The van der Waals surface area contributed by atoms with Gasteiger partial charge in [-0.25, -0.2) is 4.39 Å². The summed E-state index contributed by atoms with van der Waals surface area (Å²) in [6, 6.07) is 9.45. The van der Waals surface area contributed by atoms with Crippen molar-refractivity contribution < 1.29 is 14.2 Å². The van der Waals surface area contributed by atoms with Crippen molar-refractivity contribution in [2.45, 2.75) is 45.4 Å². The number of pyridine rings is 3. The number of benzene rings is 1. The first-order valence-corrected chi connectivity index (χ1v) is 13.0. The van der Waals surface area contributed by atoms with Gasteiger partial charge >= 0.3 is 0 Å². The number of anilines is 1. The van der Waals surface area contributed by atoms with Crippen molar-refractivity contribution in [3.05, 3.63) is 88.0 Å². The first-order valence-electron chi connectivity index (χ1n) is 13.0. The molecular formula is C29H30FN5O3. The van der Waals surface area contributed by atoms with Gasteiger partial charge in [0.2, 0.25) is 0 Å². The first kappa shape index (κ1) is 24.4. The second kappa shape index (κ2) is 10.1. The molecule has 0 spiro atoms. The third-order valence-corrected chi connectivity index (χ3v) is 7.54. The summed E-state index contributed by atoms with van der Waals surface area (Å²) in [4.78, 5) is 27.0. The molecule has 0 unspecified atom stereocenters. The molecule has 8 nitrogen and oxygen atoms in total. The lowest BCUT2D eigenvalue weighted by Crippen LogP contribution is -2.48. The van der Waals surface area contributed by atoms with Crippen LogP contribution in [0.2, 0.25) is 0 Å². The standard InChI is InChI=1S/C29H30FN5O3/c1-19-12-20(6-8-32-19)15-35(23-5-3-9-33(18-23)22-4-2-7-31-14-22)17-21-16-34-10-11-38-29-26(34)24(27(21)36)13-25(30)28(29)37/h2,4,6-8,12-14,16,23,37H,3,5,9-11,15,17-18H2,1H3/t23-/m0/s1. The Morgan fingerprint density at radius 1 is 1.21 bits per heavy atom. The van der Waals surface area contributed by atoms with Gasteiger partial charge < -0.3 is 19.3 Å². The van der Waals surface area contributed by atoms with Gasteiger partial charge in [-0.15, -0.1) is 0 Å². The van der Waals surface area contributed by atoms with Crippen LogP contribution in [0.25, 0.3) is 10.9 Å². The van der Waals surface area contributed by atoms with Crippen LogP contribution in [0.1, 0.15) is 29.7 Å². The van der Waals surface area contributed by atoms with Gasteiger partial charge in [-0.3, -0.25) is 19.7 Å². The number of hydrogen-bond donors (Lipinski definition) is 1. The molecular weight excluding hydrogens is 485 g/mol. The van der Waals surface area contributed by atoms with Gasteiger partial charge in [0.25, 0.3) is 0 Å². The molecule has 3 aromatic heterocycles. The predicted octanol–water partition coefficient (Wildman–Crippen LogP) is 4.01. The summed E-state index contributed by atoms with van der Waals surface area (Å²) in [5.74, 6) is -1.36. The van der Waals surface area contributed by atoms with Gasteiger partial charge in [-0.1, -0.05) is 0 Å². The summed E-state index contributed by atoms with van der Waals surface area (Å²) in [6.45, 7) is 5.64. The lowest BCUT2D eigenvalue weighted by Gasteiger charge is -2.40. The van der Waals surface area contributed by atoms with Crippen molar-refractivity contribution in [2.75, 3.05) is 24.6 Å². The van der Waals surface area contributed by atoms with Crippen LogP contribution in [-0.2, 0) is 19.6 Å². The topological polar surface area (TPSA) is 83.7 Å². The lowest BCUT2D eigenvalue weighted by atomic mass is 10.0. The van der Waals surface area contributed by atoms with Crippen molar-refractivity contribution in [3.63, 3.8) is 0 Å². The van der Waals surface area contributed by atoms with Crippen LogP contribution < -0.4 is 15.1 Å². The number of hydrogen-bond acceptors (Lipinski definition) is 7. The molecule has 1 atom stereocenters. The first-order chi connectivity index (χ1) is 18.5. The van der Waals surface area contributed by atoms with Gasteiger partial charge in [0.1, 0.15) is 6.61 Å². The number of piperidine rings is 1. The molecule has 1 aromatic carbocycles. The summed E-state index contributed by atoms with van der Waals surface area (Å²) in [5, 5.41) is 10.4. The molecule has 4 aromatic rings. The number of ether oxygens (including phenoxy) is 1. The zero-order valence-corrected chi connectivity index (χ0v) is 21.3. The van der Waals surface area contributed by atoms with Crippen LogP contribution in [-0.4, -0.2) is 50.3 Å². The molecule has 1 N–H and O–H groups in total. The van der Waals surface area contributed by atoms with Crippen LogP contribution in [0.4, 0.5) is 10.1 Å². The Kier molecular flexibility index (Phi) is 6.45. The summed E-state index contributed by atoms with van der Waals surface area (Å²) in [7, 11) is 0. The molecule has 9 heteroatoms. The highest BCUT2D eigenvalue weighted by molar-refractivity contribution is 5.88. The smallest absolute Gasteiger partial charge is 0.196 e. The highest BCUT2D eigenvalue weighted by atomic mass is 19.1. The van der Waals surface area contributed by atoms with E-state index in [1.807, 2.05) is 42.2 Å². The van der Waals surface area contributed by atoms with E-state index in [-0.39, 0.29) is 22.6 Å². The van der Waals surface area contributed by atoms with Crippen molar-refractivity contribution in [3.8, 4) is 11.5 Å². The minimum atomic E-state index is -0.848. The van der Waals surface area contributed by atoms with E-state index in [9.17, 15) is 14.3 Å². The molecule has 0 amide bonds. The quantitative estimate of drug-likeness (QED) is 0.416. The maximum Gasteiger partial charge on any atom is 0.196 e. The van der Waals surface area contributed by atoms with Crippen LogP contribution in [0.3, 0.4) is 0 Å². The zero-order chi connectivity index (χ0) is 26.2. The van der Waals surface area contributed by atoms with E-state index in [1.54, 1.807) is 6.20 Å². The number of aromatic hydroxyl groups is 1. The number of aryl methyl sites for hydroxylation is 1. The Morgan fingerprint density at radius 3 is 2.92 bits per heavy atom. The summed E-state index contributed by atoms with van der Waals surface area (Å²) in [6.07, 6.45) is 9.37. The van der Waals surface area contributed by atoms with Crippen LogP contribution >= 0.6 is 0 Å². The number of halogens is 1. The predicted molar refractivity (Wildman–Crippen MR) is 143 cm³/mol. The van der Waals surface area contributed by atoms with Gasteiger partial charge in [0.15, 0.2) is 22.7 Å². The second-order valence-corrected chi connectivity index (χ2v) is 10.1. The van der Waals surface area contributed by atoms with Crippen LogP contribution in [0.5, 0.6) is 11.5 Å². The van der Waals surface area contributed by atoms with E-state index in [4.69, 9.17) is 4.74 Å². The highest BCUT2D eigenvalue weighted by Crippen LogP contribution is 2.38. The van der Waals surface area contributed by atoms with E-state index in [1.165, 1.54) is 0 Å². The van der Waals surface area contributed by atoms with Crippen molar-refractivity contribution in [2.24, 2.45) is 0 Å². The SMILES string of the molecule is Cc1cc(CN(Cc2cn3c4c(c(O)c(F)cc4c2=O)OCC3)[C@H]2CCCN(c3cccnc3)C2)ccn1. The average Bonchev–Trinajstić information content (AvgIpc) is 2.94. The molecule has 0 aliphatic carbocycles. The Bertz CT molecular complexity index is 1540. The summed E-state index contributed by atoms with van der Waals surface area (Å²) in [5.41, 5.74) is 3.97. The average molecular weight is 516 g/mol. The normalized spacial score (nSPS) is 17.1. The molecule has 5 heterocycles. The van der Waals surface area contributed by atoms with Crippen molar-refractivity contribution >= 4 is 16.6 Å². The molecule has 6 rings (SSSR count). The Hall–Kier alpha value is -3.98. The number of phenolic OH excluding ortho intramolecular Hbond substituents is 1. The Morgan fingerprint density at radius 2 is 2.11 bits per heavy atom. The van der Waals surface area contributed by atoms with E-state index in [2.05, 4.69) is 31.9 Å². The highest BCUT2D eigenvalue weighted by Gasteiger charge is 2.28. The largest absolute Gasteiger partial charge is 0.502 e. The maximum atomic E-state index is 14.5. The van der Waals surface area contributed by atoms with Gasteiger partial charge in [-0.2, -0.15) is 0 Å². The summed E-state index contributed by atoms with van der Waals surface area (Å²) >= 11 is 0. The monoisotopic (exact) mass is 515 g/mol. The Balaban J connectivity index is 1.38. The zero-order valence-electron chi connectivity index (χ0n) is 21.3. The van der Waals surface area contributed by atoms with Gasteiger partial charge in [0.05, 0.1) is 29.3 Å². The molecule has 38 heavy (non-hydrogen) atoms. The lowest BCUT2D eigenvalue weighted by molar-refractivity contribution is 0.158. The number of aromatic nitrogens is 3. The minimum absolute atomic E-state index is 0.0402. The molecule has 0 saturated carbocycles. The van der Waals surface area contributed by atoms with Crippen LogP contribution in [0.15, 0.2) is 59.9 Å². The third kappa shape index (κ3) is 4.58. The number of nitrogens with zero attached hydrogens (tertiary/aromatic N) is 5. The van der Waals surface area contributed by atoms with Gasteiger partial charge in [-0.05, 0) is 55.7 Å². The molecule has 0 bridgehead atoms. The maximum absolute atomic E-state index is 14.5. The fourth-order valence-electron chi connectivity index (χ4n) is 5.72. The van der Waals surface area contributed by atoms with Crippen LogP contribution in [0, 0.1) is 12.7 Å². The van der Waals surface area contributed by atoms with E-state index >= 15 is 0 Å². The van der Waals surface area contributed by atoms with E-state index in [0.717, 1.165) is 48.9 Å². The van der Waals surface area contributed by atoms with E-state index in [0.29, 0.717) is 37.3 Å². The molecule has 2 aliphatic rings. The third-order valence-electron chi connectivity index (χ3n) is 7.54. The Labute approximate surface area is 219 Å². The number of rotatable bonds is 6. The molecule has 1 saturated heterocycles. The van der Waals surface area contributed by atoms with Gasteiger partial charge in [0, 0.05) is 62.1 Å². The molecule has 0 radical (unpaired) electrons. The fraction of sp³-hybridized carbons (Fsp3) is 0.345. The minimum Gasteiger partial charge on any atom is -0.502 e. The van der Waals surface area contributed by atoms with Crippen molar-refractivity contribution in [1.82, 2.24) is 19.4 Å². The number of phenols is 1. The van der Waals surface area contributed by atoms with E-state index < -0.39 is 11.6 Å². The fourth-order valence-corrected chi connectivity index (χ4v) is 5.72. The molecule has 1 fully saturated rings. The molecule has 2 aliphatic heterocycles.